The minimum atomic E-state index is -0.137. The van der Waals surface area contributed by atoms with Gasteiger partial charge in [-0.25, -0.2) is 14.6 Å². The van der Waals surface area contributed by atoms with Crippen molar-refractivity contribution in [3.63, 3.8) is 0 Å². The first-order valence-corrected chi connectivity index (χ1v) is 8.25. The number of fused-ring (bicyclic) bond motifs is 1. The first-order chi connectivity index (χ1) is 11.6. The summed E-state index contributed by atoms with van der Waals surface area (Å²) in [5, 5.41) is 5.19. The minimum Gasteiger partial charge on any atom is -0.383 e. The number of aryl methyl sites for hydroxylation is 1. The monoisotopic (exact) mass is 321 g/mol. The maximum atomic E-state index is 13.0. The van der Waals surface area contributed by atoms with E-state index < -0.39 is 0 Å². The smallest absolute Gasteiger partial charge is 0.214 e. The van der Waals surface area contributed by atoms with Crippen LogP contribution in [0.5, 0.6) is 0 Å². The number of carbonyl (C=O) groups excluding carboxylic acids is 1. The van der Waals surface area contributed by atoms with Crippen LogP contribution in [0.4, 0.5) is 5.82 Å². The molecule has 1 aromatic carbocycles. The number of aromatic nitrogens is 4. The summed E-state index contributed by atoms with van der Waals surface area (Å²) in [6, 6.07) is 7.78. The van der Waals surface area contributed by atoms with E-state index in [9.17, 15) is 4.79 Å². The van der Waals surface area contributed by atoms with E-state index in [1.54, 1.807) is 6.07 Å². The SMILES string of the molecule is Cc1cccc(C(=O)c2nn(C3CCCC3)c3ncnc(N)c23)c1. The second-order valence-electron chi connectivity index (χ2n) is 6.39. The highest BCUT2D eigenvalue weighted by Gasteiger charge is 2.27. The number of nitrogens with two attached hydrogens (primary N) is 1. The Morgan fingerprint density at radius 3 is 2.79 bits per heavy atom. The van der Waals surface area contributed by atoms with Gasteiger partial charge in [0.05, 0.1) is 11.4 Å². The minimum absolute atomic E-state index is 0.137. The van der Waals surface area contributed by atoms with Crippen molar-refractivity contribution in [3.05, 3.63) is 47.4 Å². The van der Waals surface area contributed by atoms with E-state index in [1.165, 1.54) is 19.2 Å². The van der Waals surface area contributed by atoms with Crippen LogP contribution in [0.15, 0.2) is 30.6 Å². The van der Waals surface area contributed by atoms with Crippen LogP contribution in [0.2, 0.25) is 0 Å². The largest absolute Gasteiger partial charge is 0.383 e. The van der Waals surface area contributed by atoms with E-state index >= 15 is 0 Å². The lowest BCUT2D eigenvalue weighted by Crippen LogP contribution is -2.09. The lowest BCUT2D eigenvalue weighted by Gasteiger charge is -2.09. The summed E-state index contributed by atoms with van der Waals surface area (Å²) in [4.78, 5) is 21.4. The number of ketones is 1. The van der Waals surface area contributed by atoms with Crippen LogP contribution in [0.3, 0.4) is 0 Å². The van der Waals surface area contributed by atoms with Crippen molar-refractivity contribution < 1.29 is 4.79 Å². The predicted molar refractivity (Wildman–Crippen MR) is 91.9 cm³/mol. The molecule has 2 heterocycles. The number of carbonyl (C=O) groups is 1. The Balaban J connectivity index is 1.90. The summed E-state index contributed by atoms with van der Waals surface area (Å²) >= 11 is 0. The molecule has 6 heteroatoms. The van der Waals surface area contributed by atoms with E-state index in [4.69, 9.17) is 5.73 Å². The average Bonchev–Trinajstić information content (AvgIpc) is 3.22. The second kappa shape index (κ2) is 5.70. The standard InChI is InChI=1S/C18H19N5O/c1-11-5-4-6-12(9-11)16(24)15-14-17(19)20-10-21-18(14)23(22-15)13-7-2-3-8-13/h4-6,9-10,13H,2-3,7-8H2,1H3,(H2,19,20,21). The molecule has 4 rings (SSSR count). The Morgan fingerprint density at radius 1 is 1.25 bits per heavy atom. The van der Waals surface area contributed by atoms with Gasteiger partial charge in [-0.05, 0) is 25.8 Å². The molecule has 1 fully saturated rings. The van der Waals surface area contributed by atoms with Crippen LogP contribution >= 0.6 is 0 Å². The number of rotatable bonds is 3. The third-order valence-corrected chi connectivity index (χ3v) is 4.68. The molecule has 1 aliphatic rings. The molecule has 24 heavy (non-hydrogen) atoms. The van der Waals surface area contributed by atoms with Crippen LogP contribution in [-0.2, 0) is 0 Å². The van der Waals surface area contributed by atoms with Gasteiger partial charge < -0.3 is 5.73 Å². The highest BCUT2D eigenvalue weighted by Crippen LogP contribution is 2.33. The van der Waals surface area contributed by atoms with Gasteiger partial charge in [0.2, 0.25) is 5.78 Å². The Morgan fingerprint density at radius 2 is 2.04 bits per heavy atom. The molecule has 0 aliphatic heterocycles. The Kier molecular flexibility index (Phi) is 3.52. The number of nitrogen functional groups attached to an aromatic ring is 1. The molecule has 0 saturated heterocycles. The van der Waals surface area contributed by atoms with Gasteiger partial charge in [-0.3, -0.25) is 4.79 Å². The van der Waals surface area contributed by atoms with E-state index in [2.05, 4.69) is 15.1 Å². The van der Waals surface area contributed by atoms with Crippen molar-refractivity contribution in [1.82, 2.24) is 19.7 Å². The van der Waals surface area contributed by atoms with Gasteiger partial charge >= 0.3 is 0 Å². The van der Waals surface area contributed by atoms with Crippen molar-refractivity contribution in [2.75, 3.05) is 5.73 Å². The van der Waals surface area contributed by atoms with Gasteiger partial charge in [0.15, 0.2) is 5.65 Å². The summed E-state index contributed by atoms with van der Waals surface area (Å²) in [5.41, 5.74) is 8.70. The molecule has 0 bridgehead atoms. The van der Waals surface area contributed by atoms with Crippen molar-refractivity contribution in [3.8, 4) is 0 Å². The molecule has 0 amide bonds. The first-order valence-electron chi connectivity index (χ1n) is 8.25. The lowest BCUT2D eigenvalue weighted by molar-refractivity contribution is 0.103. The molecule has 0 atom stereocenters. The van der Waals surface area contributed by atoms with Gasteiger partial charge in [0.25, 0.3) is 0 Å². The van der Waals surface area contributed by atoms with Crippen molar-refractivity contribution >= 4 is 22.6 Å². The molecule has 3 aromatic rings. The molecule has 0 spiro atoms. The molecule has 2 aromatic heterocycles. The van der Waals surface area contributed by atoms with Crippen LogP contribution < -0.4 is 5.73 Å². The van der Waals surface area contributed by atoms with E-state index in [0.29, 0.717) is 28.1 Å². The van der Waals surface area contributed by atoms with Crippen molar-refractivity contribution in [1.29, 1.82) is 0 Å². The molecule has 1 saturated carbocycles. The van der Waals surface area contributed by atoms with Gasteiger partial charge in [-0.2, -0.15) is 5.10 Å². The van der Waals surface area contributed by atoms with E-state index in [1.807, 2.05) is 29.8 Å². The second-order valence-corrected chi connectivity index (χ2v) is 6.39. The number of hydrogen-bond donors (Lipinski definition) is 1. The molecule has 2 N–H and O–H groups in total. The van der Waals surface area contributed by atoms with Gasteiger partial charge in [0, 0.05) is 5.56 Å². The lowest BCUT2D eigenvalue weighted by atomic mass is 10.0. The zero-order valence-corrected chi connectivity index (χ0v) is 13.6. The van der Waals surface area contributed by atoms with E-state index in [-0.39, 0.29) is 11.8 Å². The third-order valence-electron chi connectivity index (χ3n) is 4.68. The van der Waals surface area contributed by atoms with Crippen molar-refractivity contribution in [2.24, 2.45) is 0 Å². The fourth-order valence-corrected chi connectivity index (χ4v) is 3.48. The molecular weight excluding hydrogens is 302 g/mol. The summed E-state index contributed by atoms with van der Waals surface area (Å²) in [6.07, 6.45) is 5.89. The first kappa shape index (κ1) is 14.8. The van der Waals surface area contributed by atoms with Crippen LogP contribution in [-0.4, -0.2) is 25.5 Å². The number of anilines is 1. The van der Waals surface area contributed by atoms with Crippen LogP contribution in [0.1, 0.15) is 53.3 Å². The molecule has 0 radical (unpaired) electrons. The van der Waals surface area contributed by atoms with Gasteiger partial charge in [0.1, 0.15) is 17.8 Å². The molecule has 0 unspecified atom stereocenters. The van der Waals surface area contributed by atoms with Crippen LogP contribution in [0, 0.1) is 6.92 Å². The van der Waals surface area contributed by atoms with E-state index in [0.717, 1.165) is 18.4 Å². The highest BCUT2D eigenvalue weighted by molar-refractivity contribution is 6.16. The van der Waals surface area contributed by atoms with Gasteiger partial charge in [-0.15, -0.1) is 0 Å². The maximum Gasteiger partial charge on any atom is 0.214 e. The molecule has 6 nitrogen and oxygen atoms in total. The van der Waals surface area contributed by atoms with Crippen molar-refractivity contribution in [2.45, 2.75) is 38.6 Å². The Labute approximate surface area is 139 Å². The fraction of sp³-hybridized carbons (Fsp3) is 0.333. The molecule has 122 valence electrons. The Bertz CT molecular complexity index is 924. The molecule has 1 aliphatic carbocycles. The fourth-order valence-electron chi connectivity index (χ4n) is 3.48. The summed E-state index contributed by atoms with van der Waals surface area (Å²) < 4.78 is 1.88. The average molecular weight is 321 g/mol. The normalized spacial score (nSPS) is 15.2. The summed E-state index contributed by atoms with van der Waals surface area (Å²) in [7, 11) is 0. The zero-order valence-electron chi connectivity index (χ0n) is 13.6. The number of nitrogens with zero attached hydrogens (tertiary/aromatic N) is 4. The summed E-state index contributed by atoms with van der Waals surface area (Å²) in [6.45, 7) is 1.96. The zero-order chi connectivity index (χ0) is 16.7. The van der Waals surface area contributed by atoms with Gasteiger partial charge in [-0.1, -0.05) is 36.6 Å². The predicted octanol–water partition coefficient (Wildman–Crippen LogP) is 3.06. The molecular formula is C18H19N5O. The van der Waals surface area contributed by atoms with Crippen LogP contribution in [0.25, 0.3) is 11.0 Å². The third kappa shape index (κ3) is 2.35. The maximum absolute atomic E-state index is 13.0. The number of hydrogen-bond acceptors (Lipinski definition) is 5. The topological polar surface area (TPSA) is 86.7 Å². The summed E-state index contributed by atoms with van der Waals surface area (Å²) in [5.74, 6) is 0.169. The highest BCUT2D eigenvalue weighted by atomic mass is 16.1. The quantitative estimate of drug-likeness (QED) is 0.749. The number of benzene rings is 1. The Hall–Kier alpha value is -2.76.